The van der Waals surface area contributed by atoms with Crippen LogP contribution in [0.5, 0.6) is 17.2 Å². The Labute approximate surface area is 255 Å². The Morgan fingerprint density at radius 3 is 2.29 bits per heavy atom. The van der Waals surface area contributed by atoms with Crippen LogP contribution >= 0.6 is 39.1 Å². The van der Waals surface area contributed by atoms with E-state index in [4.69, 9.17) is 37.4 Å². The number of hydrogen-bond acceptors (Lipinski definition) is 7. The summed E-state index contributed by atoms with van der Waals surface area (Å²) >= 11 is 15.3. The van der Waals surface area contributed by atoms with Crippen molar-refractivity contribution in [3.63, 3.8) is 0 Å². The third-order valence-electron chi connectivity index (χ3n) is 5.21. The molecule has 0 spiro atoms. The van der Waals surface area contributed by atoms with Gasteiger partial charge in [-0.2, -0.15) is 5.10 Å². The molecular formula is C28H27BrCl2N4O6. The van der Waals surface area contributed by atoms with Crippen LogP contribution < -0.4 is 30.3 Å². The van der Waals surface area contributed by atoms with Crippen LogP contribution in [-0.4, -0.2) is 44.3 Å². The predicted octanol–water partition coefficient (Wildman–Crippen LogP) is 6.05. The number of carbonyl (C=O) groups is 3. The number of ether oxygens (including phenoxy) is 3. The molecule has 0 aromatic heterocycles. The van der Waals surface area contributed by atoms with Crippen molar-refractivity contribution in [2.45, 2.75) is 19.8 Å². The molecule has 3 aromatic rings. The Bertz CT molecular complexity index is 1400. The summed E-state index contributed by atoms with van der Waals surface area (Å²) in [7, 11) is 1.43. The number of unbranched alkanes of at least 4 members (excludes halogenated alkanes) is 1. The number of amides is 3. The van der Waals surface area contributed by atoms with Gasteiger partial charge in [0.05, 0.1) is 24.4 Å². The largest absolute Gasteiger partial charge is 0.494 e. The molecule has 0 aliphatic heterocycles. The third-order valence-corrected chi connectivity index (χ3v) is 6.24. The van der Waals surface area contributed by atoms with Crippen LogP contribution in [0.25, 0.3) is 0 Å². The highest BCUT2D eigenvalue weighted by Gasteiger charge is 2.15. The van der Waals surface area contributed by atoms with E-state index in [9.17, 15) is 14.4 Å². The maximum atomic E-state index is 12.3. The van der Waals surface area contributed by atoms with Crippen LogP contribution in [0.3, 0.4) is 0 Å². The molecule has 3 aromatic carbocycles. The molecule has 0 aliphatic carbocycles. The zero-order chi connectivity index (χ0) is 29.8. The summed E-state index contributed by atoms with van der Waals surface area (Å²) in [4.78, 5) is 36.7. The lowest BCUT2D eigenvalue weighted by molar-refractivity contribution is -0.136. The fraction of sp³-hybridized carbons (Fsp3) is 0.214. The first-order chi connectivity index (χ1) is 19.7. The summed E-state index contributed by atoms with van der Waals surface area (Å²) in [5, 5.41) is 9.73. The number of methoxy groups -OCH3 is 1. The Kier molecular flexibility index (Phi) is 12.3. The highest BCUT2D eigenvalue weighted by molar-refractivity contribution is 9.10. The molecule has 10 nitrogen and oxygen atoms in total. The zero-order valence-corrected chi connectivity index (χ0v) is 25.2. The van der Waals surface area contributed by atoms with Crippen molar-refractivity contribution in [3.05, 3.63) is 74.7 Å². The van der Waals surface area contributed by atoms with Gasteiger partial charge in [0.15, 0.2) is 18.1 Å². The number of rotatable bonds is 12. The van der Waals surface area contributed by atoms with Crippen LogP contribution in [0.1, 0.15) is 25.3 Å². The first kappa shape index (κ1) is 31.7. The van der Waals surface area contributed by atoms with E-state index in [2.05, 4.69) is 44.0 Å². The minimum Gasteiger partial charge on any atom is -0.494 e. The molecule has 3 N–H and O–H groups in total. The lowest BCUT2D eigenvalue weighted by atomic mass is 10.2. The number of nitrogens with one attached hydrogen (secondary N) is 3. The van der Waals surface area contributed by atoms with Crippen molar-refractivity contribution >= 4 is 74.4 Å². The van der Waals surface area contributed by atoms with E-state index in [0.29, 0.717) is 49.6 Å². The minimum atomic E-state index is -0.956. The van der Waals surface area contributed by atoms with E-state index in [0.717, 1.165) is 12.8 Å². The van der Waals surface area contributed by atoms with Gasteiger partial charge in [0, 0.05) is 21.4 Å². The molecule has 13 heteroatoms. The van der Waals surface area contributed by atoms with E-state index in [-0.39, 0.29) is 12.4 Å². The number of nitrogens with zero attached hydrogens (tertiary/aromatic N) is 1. The predicted molar refractivity (Wildman–Crippen MR) is 162 cm³/mol. The van der Waals surface area contributed by atoms with Gasteiger partial charge < -0.3 is 24.8 Å². The second-order valence-electron chi connectivity index (χ2n) is 8.41. The van der Waals surface area contributed by atoms with Gasteiger partial charge in [0.2, 0.25) is 0 Å². The second kappa shape index (κ2) is 15.8. The van der Waals surface area contributed by atoms with E-state index >= 15 is 0 Å². The molecule has 0 atom stereocenters. The normalized spacial score (nSPS) is 10.7. The summed E-state index contributed by atoms with van der Waals surface area (Å²) in [5.41, 5.74) is 3.55. The molecule has 0 fully saturated rings. The summed E-state index contributed by atoms with van der Waals surface area (Å²) in [6, 6.07) is 14.6. The smallest absolute Gasteiger partial charge is 0.329 e. The molecular weight excluding hydrogens is 639 g/mol. The number of halogens is 3. The SMILES string of the molecule is CCCCOc1ccc(NC(=O)C(=O)N/N=C\c2cc(Br)c(OCC(=O)Nc3cc(Cl)cc(Cl)c3)c(OC)c2)cc1. The molecule has 3 rings (SSSR count). The molecule has 0 unspecified atom stereocenters. The summed E-state index contributed by atoms with van der Waals surface area (Å²) in [6.45, 7) is 2.36. The number of benzene rings is 3. The van der Waals surface area contributed by atoms with E-state index in [1.165, 1.54) is 13.3 Å². The minimum absolute atomic E-state index is 0.272. The maximum absolute atomic E-state index is 12.3. The van der Waals surface area contributed by atoms with E-state index in [1.807, 2.05) is 0 Å². The van der Waals surface area contributed by atoms with Crippen LogP contribution in [0.15, 0.2) is 64.2 Å². The van der Waals surface area contributed by atoms with Crippen molar-refractivity contribution in [3.8, 4) is 17.2 Å². The van der Waals surface area contributed by atoms with Crippen LogP contribution in [0.4, 0.5) is 11.4 Å². The van der Waals surface area contributed by atoms with Gasteiger partial charge in [-0.3, -0.25) is 14.4 Å². The van der Waals surface area contributed by atoms with E-state index < -0.39 is 17.7 Å². The van der Waals surface area contributed by atoms with E-state index in [1.54, 1.807) is 54.6 Å². The molecule has 0 saturated carbocycles. The lowest BCUT2D eigenvalue weighted by Gasteiger charge is -2.13. The standard InChI is InChI=1S/C28H27BrCl2N4O6/c1-3-4-9-40-22-7-5-20(6-8-22)34-27(37)28(38)35-32-15-17-10-23(29)26(24(11-17)39-2)41-16-25(36)33-21-13-18(30)12-19(31)14-21/h5-8,10-15H,3-4,9,16H2,1-2H3,(H,33,36)(H,34,37)(H,35,38)/b32-15-. The average molecular weight is 666 g/mol. The molecule has 0 bridgehead atoms. The maximum Gasteiger partial charge on any atom is 0.329 e. The van der Waals surface area contributed by atoms with Crippen molar-refractivity contribution in [2.24, 2.45) is 5.10 Å². The van der Waals surface area contributed by atoms with Crippen molar-refractivity contribution < 1.29 is 28.6 Å². The van der Waals surface area contributed by atoms with Crippen molar-refractivity contribution in [2.75, 3.05) is 31.0 Å². The van der Waals surface area contributed by atoms with Crippen molar-refractivity contribution in [1.29, 1.82) is 0 Å². The molecule has 216 valence electrons. The molecule has 41 heavy (non-hydrogen) atoms. The number of carbonyl (C=O) groups excluding carboxylic acids is 3. The molecule has 0 radical (unpaired) electrons. The summed E-state index contributed by atoms with van der Waals surface area (Å²) in [6.07, 6.45) is 3.29. The van der Waals surface area contributed by atoms with Gasteiger partial charge in [0.25, 0.3) is 5.91 Å². The molecule has 0 aliphatic rings. The molecule has 3 amide bonds. The van der Waals surface area contributed by atoms with Gasteiger partial charge in [-0.25, -0.2) is 5.43 Å². The Morgan fingerprint density at radius 2 is 1.63 bits per heavy atom. The van der Waals surface area contributed by atoms with Crippen LogP contribution in [0.2, 0.25) is 10.0 Å². The fourth-order valence-corrected chi connectivity index (χ4v) is 4.39. The van der Waals surface area contributed by atoms with Gasteiger partial charge in [0.1, 0.15) is 5.75 Å². The zero-order valence-electron chi connectivity index (χ0n) is 22.1. The summed E-state index contributed by atoms with van der Waals surface area (Å²) in [5.74, 6) is -1.04. The Morgan fingerprint density at radius 1 is 0.927 bits per heavy atom. The van der Waals surface area contributed by atoms with Crippen molar-refractivity contribution in [1.82, 2.24) is 5.43 Å². The van der Waals surface area contributed by atoms with Gasteiger partial charge in [-0.1, -0.05) is 36.5 Å². The highest BCUT2D eigenvalue weighted by Crippen LogP contribution is 2.36. The second-order valence-corrected chi connectivity index (χ2v) is 10.1. The first-order valence-corrected chi connectivity index (χ1v) is 13.9. The third kappa shape index (κ3) is 10.3. The summed E-state index contributed by atoms with van der Waals surface area (Å²) < 4.78 is 17.1. The topological polar surface area (TPSA) is 127 Å². The van der Waals surface area contributed by atoms with Gasteiger partial charge in [-0.15, -0.1) is 0 Å². The Hall–Kier alpha value is -3.80. The number of anilines is 2. The number of hydrazone groups is 1. The quantitative estimate of drug-likeness (QED) is 0.0936. The first-order valence-electron chi connectivity index (χ1n) is 12.3. The van der Waals surface area contributed by atoms with Crippen LogP contribution in [-0.2, 0) is 14.4 Å². The number of hydrogen-bond donors (Lipinski definition) is 3. The van der Waals surface area contributed by atoms with Crippen LogP contribution in [0, 0.1) is 0 Å². The Balaban J connectivity index is 1.53. The molecule has 0 heterocycles. The monoisotopic (exact) mass is 664 g/mol. The van der Waals surface area contributed by atoms with Gasteiger partial charge in [-0.05, 0) is 82.5 Å². The van der Waals surface area contributed by atoms with Gasteiger partial charge >= 0.3 is 11.8 Å². The fourth-order valence-electron chi connectivity index (χ4n) is 3.29. The highest BCUT2D eigenvalue weighted by atomic mass is 79.9. The average Bonchev–Trinajstić information content (AvgIpc) is 2.92. The lowest BCUT2D eigenvalue weighted by Crippen LogP contribution is -2.32. The molecule has 0 saturated heterocycles.